The Hall–Kier alpha value is -1.41. The topological polar surface area (TPSA) is 38.7 Å². The fourth-order valence-corrected chi connectivity index (χ4v) is 4.91. The molecule has 0 amide bonds. The lowest BCUT2D eigenvalue weighted by Gasteiger charge is -2.34. The highest BCUT2D eigenvalue weighted by molar-refractivity contribution is 7.48. The van der Waals surface area contributed by atoms with Gasteiger partial charge >= 0.3 is 0 Å². The second-order valence-corrected chi connectivity index (χ2v) is 8.03. The van der Waals surface area contributed by atoms with Gasteiger partial charge in [-0.1, -0.05) is 64.4 Å². The normalized spacial score (nSPS) is 12.0. The average molecular weight is 360 g/mol. The standard InChI is InChI=1S/C21H29O3P/c1-5-21(6-2,18-9-7-8-10-19(18)24-15-23-4)25-20-12-11-16(3)13-17(20)14-22/h7-13,22,25H,5-6,14-15H2,1-4H3. The molecular weight excluding hydrogens is 331 g/mol. The molecule has 0 radical (unpaired) electrons. The number of aliphatic hydroxyl groups is 1. The first-order valence-corrected chi connectivity index (χ1v) is 9.80. The summed E-state index contributed by atoms with van der Waals surface area (Å²) in [4.78, 5) is 0. The van der Waals surface area contributed by atoms with Crippen molar-refractivity contribution >= 4 is 13.9 Å². The lowest BCUT2D eigenvalue weighted by Crippen LogP contribution is -2.24. The van der Waals surface area contributed by atoms with Crippen LogP contribution in [0.25, 0.3) is 0 Å². The van der Waals surface area contributed by atoms with E-state index in [0.29, 0.717) is 8.58 Å². The lowest BCUT2D eigenvalue weighted by molar-refractivity contribution is 0.0499. The van der Waals surface area contributed by atoms with E-state index >= 15 is 0 Å². The Kier molecular flexibility index (Phi) is 7.43. The number of rotatable bonds is 9. The molecule has 2 aromatic carbocycles. The zero-order valence-corrected chi connectivity index (χ0v) is 16.6. The van der Waals surface area contributed by atoms with Crippen LogP contribution < -0.4 is 10.0 Å². The Balaban J connectivity index is 2.46. The number of hydrogen-bond acceptors (Lipinski definition) is 3. The van der Waals surface area contributed by atoms with Gasteiger partial charge < -0.3 is 14.6 Å². The van der Waals surface area contributed by atoms with E-state index < -0.39 is 0 Å². The number of methoxy groups -OCH3 is 1. The van der Waals surface area contributed by atoms with E-state index in [9.17, 15) is 5.11 Å². The molecule has 2 rings (SSSR count). The monoisotopic (exact) mass is 360 g/mol. The molecule has 0 saturated heterocycles. The van der Waals surface area contributed by atoms with Crippen LogP contribution in [0.4, 0.5) is 0 Å². The summed E-state index contributed by atoms with van der Waals surface area (Å²) >= 11 is 0. The predicted octanol–water partition coefficient (Wildman–Crippen LogP) is 4.49. The van der Waals surface area contributed by atoms with E-state index in [0.717, 1.165) is 24.2 Å². The first-order valence-electron chi connectivity index (χ1n) is 8.80. The van der Waals surface area contributed by atoms with E-state index in [-0.39, 0.29) is 18.6 Å². The molecule has 1 unspecified atom stereocenters. The third kappa shape index (κ3) is 4.61. The van der Waals surface area contributed by atoms with Gasteiger partial charge in [0.1, 0.15) is 5.75 Å². The highest BCUT2D eigenvalue weighted by Gasteiger charge is 2.32. The van der Waals surface area contributed by atoms with Gasteiger partial charge in [-0.15, -0.1) is 0 Å². The fraction of sp³-hybridized carbons (Fsp3) is 0.429. The maximum Gasteiger partial charge on any atom is 0.188 e. The summed E-state index contributed by atoms with van der Waals surface area (Å²) in [6.45, 7) is 6.85. The van der Waals surface area contributed by atoms with Gasteiger partial charge in [-0.2, -0.15) is 0 Å². The molecule has 136 valence electrons. The van der Waals surface area contributed by atoms with Crippen LogP contribution in [0.2, 0.25) is 0 Å². The van der Waals surface area contributed by atoms with Crippen LogP contribution in [-0.2, 0) is 16.5 Å². The van der Waals surface area contributed by atoms with Crippen molar-refractivity contribution in [1.82, 2.24) is 0 Å². The molecule has 0 aliphatic heterocycles. The van der Waals surface area contributed by atoms with Crippen molar-refractivity contribution in [3.63, 3.8) is 0 Å². The van der Waals surface area contributed by atoms with Crippen molar-refractivity contribution < 1.29 is 14.6 Å². The Labute approximate surface area is 153 Å². The summed E-state index contributed by atoms with van der Waals surface area (Å²) in [5.74, 6) is 0.887. The zero-order valence-electron chi connectivity index (χ0n) is 15.6. The largest absolute Gasteiger partial charge is 0.467 e. The third-order valence-corrected chi connectivity index (χ3v) is 6.96. The van der Waals surface area contributed by atoms with Crippen molar-refractivity contribution in [2.45, 2.75) is 45.4 Å². The van der Waals surface area contributed by atoms with E-state index in [2.05, 4.69) is 51.1 Å². The lowest BCUT2D eigenvalue weighted by atomic mass is 9.92. The molecule has 25 heavy (non-hydrogen) atoms. The number of aliphatic hydroxyl groups excluding tert-OH is 1. The maximum atomic E-state index is 9.79. The van der Waals surface area contributed by atoms with E-state index in [1.807, 2.05) is 12.1 Å². The molecule has 0 heterocycles. The minimum Gasteiger partial charge on any atom is -0.467 e. The SMILES string of the molecule is CCC(CC)(Pc1ccc(C)cc1CO)c1ccccc1OCOC. The molecule has 1 N–H and O–H groups in total. The molecule has 0 aliphatic rings. The minimum atomic E-state index is -0.0104. The molecule has 4 heteroatoms. The molecule has 3 nitrogen and oxygen atoms in total. The molecule has 0 aromatic heterocycles. The second-order valence-electron chi connectivity index (χ2n) is 6.28. The summed E-state index contributed by atoms with van der Waals surface area (Å²) in [6.07, 6.45) is 2.02. The molecule has 0 bridgehead atoms. The Bertz CT molecular complexity index is 681. The Morgan fingerprint density at radius 1 is 1.08 bits per heavy atom. The molecule has 0 saturated carbocycles. The molecule has 1 atom stereocenters. The van der Waals surface area contributed by atoms with Gasteiger partial charge in [0.25, 0.3) is 0 Å². The van der Waals surface area contributed by atoms with Gasteiger partial charge in [-0.25, -0.2) is 0 Å². The van der Waals surface area contributed by atoms with E-state index in [4.69, 9.17) is 9.47 Å². The van der Waals surface area contributed by atoms with Gasteiger partial charge in [0.2, 0.25) is 0 Å². The highest BCUT2D eigenvalue weighted by Crippen LogP contribution is 2.50. The number of aryl methyl sites for hydroxylation is 1. The van der Waals surface area contributed by atoms with E-state index in [1.54, 1.807) is 7.11 Å². The van der Waals surface area contributed by atoms with Crippen molar-refractivity contribution in [1.29, 1.82) is 0 Å². The quantitative estimate of drug-likeness (QED) is 0.529. The molecule has 2 aromatic rings. The average Bonchev–Trinajstić information content (AvgIpc) is 2.66. The van der Waals surface area contributed by atoms with Crippen molar-refractivity contribution in [2.75, 3.05) is 13.9 Å². The van der Waals surface area contributed by atoms with Gasteiger partial charge in [-0.05, 0) is 36.7 Å². The second kappa shape index (κ2) is 9.33. The summed E-state index contributed by atoms with van der Waals surface area (Å²) in [6, 6.07) is 14.6. The van der Waals surface area contributed by atoms with Crippen LogP contribution in [0.5, 0.6) is 5.75 Å². The summed E-state index contributed by atoms with van der Waals surface area (Å²) in [5.41, 5.74) is 3.43. The Morgan fingerprint density at radius 2 is 1.80 bits per heavy atom. The molecule has 0 aliphatic carbocycles. The summed E-state index contributed by atoms with van der Waals surface area (Å²) in [7, 11) is 2.20. The predicted molar refractivity (Wildman–Crippen MR) is 106 cm³/mol. The van der Waals surface area contributed by atoms with Gasteiger partial charge in [0.15, 0.2) is 6.79 Å². The molecular formula is C21H29O3P. The maximum absolute atomic E-state index is 9.79. The van der Waals surface area contributed by atoms with Crippen molar-refractivity contribution in [3.8, 4) is 5.75 Å². The van der Waals surface area contributed by atoms with Gasteiger partial charge in [-0.3, -0.25) is 0 Å². The van der Waals surface area contributed by atoms with Crippen LogP contribution in [0.3, 0.4) is 0 Å². The smallest absolute Gasteiger partial charge is 0.188 e. The van der Waals surface area contributed by atoms with Crippen molar-refractivity contribution in [2.24, 2.45) is 0 Å². The van der Waals surface area contributed by atoms with Crippen LogP contribution in [-0.4, -0.2) is 19.0 Å². The molecule has 0 spiro atoms. The Morgan fingerprint density at radius 3 is 2.44 bits per heavy atom. The highest BCUT2D eigenvalue weighted by atomic mass is 31.1. The van der Waals surface area contributed by atoms with Gasteiger partial charge in [0, 0.05) is 17.8 Å². The van der Waals surface area contributed by atoms with Crippen LogP contribution in [0, 0.1) is 6.92 Å². The summed E-state index contributed by atoms with van der Waals surface area (Å²) < 4.78 is 10.9. The zero-order chi connectivity index (χ0) is 18.3. The van der Waals surface area contributed by atoms with Crippen LogP contribution in [0.15, 0.2) is 42.5 Å². The molecule has 0 fully saturated rings. The van der Waals surface area contributed by atoms with Crippen molar-refractivity contribution in [3.05, 3.63) is 59.2 Å². The van der Waals surface area contributed by atoms with Crippen LogP contribution >= 0.6 is 8.58 Å². The first kappa shape index (κ1) is 19.9. The summed E-state index contributed by atoms with van der Waals surface area (Å²) in [5, 5.41) is 11.0. The fourth-order valence-electron chi connectivity index (χ4n) is 3.22. The number of benzene rings is 2. The minimum absolute atomic E-state index is 0.0104. The van der Waals surface area contributed by atoms with Crippen LogP contribution in [0.1, 0.15) is 43.4 Å². The number of para-hydroxylation sites is 1. The third-order valence-electron chi connectivity index (χ3n) is 4.75. The number of hydrogen-bond donors (Lipinski definition) is 1. The van der Waals surface area contributed by atoms with E-state index in [1.165, 1.54) is 16.4 Å². The first-order chi connectivity index (χ1) is 12.1. The van der Waals surface area contributed by atoms with Gasteiger partial charge in [0.05, 0.1) is 6.61 Å². The number of ether oxygens (including phenoxy) is 2.